The zero-order valence-corrected chi connectivity index (χ0v) is 7.93. The van der Waals surface area contributed by atoms with Gasteiger partial charge in [0.15, 0.2) is 0 Å². The third-order valence-electron chi connectivity index (χ3n) is 2.21. The molecule has 6 heteroatoms. The van der Waals surface area contributed by atoms with Crippen molar-refractivity contribution in [2.24, 2.45) is 5.73 Å². The summed E-state index contributed by atoms with van der Waals surface area (Å²) in [4.78, 5) is 13.5. The molecule has 0 radical (unpaired) electrons. The van der Waals surface area contributed by atoms with E-state index in [9.17, 15) is 18.0 Å². The summed E-state index contributed by atoms with van der Waals surface area (Å²) in [6, 6.07) is 4.49. The van der Waals surface area contributed by atoms with Crippen molar-refractivity contribution in [1.82, 2.24) is 4.98 Å². The molecule has 84 valence electrons. The molecular weight excluding hydrogens is 221 g/mol. The van der Waals surface area contributed by atoms with Crippen LogP contribution >= 0.6 is 0 Å². The van der Waals surface area contributed by atoms with Crippen molar-refractivity contribution in [3.05, 3.63) is 35.5 Å². The van der Waals surface area contributed by atoms with Crippen LogP contribution in [0.25, 0.3) is 10.9 Å². The van der Waals surface area contributed by atoms with Gasteiger partial charge in [-0.1, -0.05) is 0 Å². The molecular formula is C10H7F3N2O. The van der Waals surface area contributed by atoms with Gasteiger partial charge in [-0.3, -0.25) is 4.79 Å². The van der Waals surface area contributed by atoms with E-state index in [1.54, 1.807) is 0 Å². The smallest absolute Gasteiger partial charge is 0.364 e. The van der Waals surface area contributed by atoms with E-state index in [4.69, 9.17) is 5.73 Å². The number of amides is 1. The van der Waals surface area contributed by atoms with Gasteiger partial charge in [-0.2, -0.15) is 13.2 Å². The fourth-order valence-electron chi connectivity index (χ4n) is 1.44. The summed E-state index contributed by atoms with van der Waals surface area (Å²) in [5.41, 5.74) is 4.79. The van der Waals surface area contributed by atoms with Gasteiger partial charge in [0, 0.05) is 10.9 Å². The van der Waals surface area contributed by atoms with E-state index in [2.05, 4.69) is 4.98 Å². The molecule has 0 saturated carbocycles. The quantitative estimate of drug-likeness (QED) is 0.772. The molecule has 3 nitrogen and oxygen atoms in total. The number of benzene rings is 1. The summed E-state index contributed by atoms with van der Waals surface area (Å²) >= 11 is 0. The number of H-pyrrole nitrogens is 1. The van der Waals surface area contributed by atoms with Crippen LogP contribution in [0.4, 0.5) is 13.2 Å². The molecule has 0 fully saturated rings. The Balaban J connectivity index is 2.58. The summed E-state index contributed by atoms with van der Waals surface area (Å²) in [7, 11) is 0. The van der Waals surface area contributed by atoms with Crippen molar-refractivity contribution in [2.45, 2.75) is 6.18 Å². The third-order valence-corrected chi connectivity index (χ3v) is 2.21. The van der Waals surface area contributed by atoms with Crippen LogP contribution in [0.3, 0.4) is 0 Å². The van der Waals surface area contributed by atoms with Gasteiger partial charge in [0.2, 0.25) is 0 Å². The predicted octanol–water partition coefficient (Wildman–Crippen LogP) is 2.29. The number of hydrogen-bond donors (Lipinski definition) is 2. The van der Waals surface area contributed by atoms with Crippen molar-refractivity contribution < 1.29 is 18.0 Å². The molecule has 0 bridgehead atoms. The number of nitrogens with two attached hydrogens (primary N) is 1. The first-order valence-corrected chi connectivity index (χ1v) is 4.38. The minimum Gasteiger partial charge on any atom is -0.364 e. The molecule has 1 aromatic carbocycles. The third kappa shape index (κ3) is 1.73. The fraction of sp³-hybridized carbons (Fsp3) is 0.100. The number of halogens is 3. The Morgan fingerprint density at radius 3 is 2.50 bits per heavy atom. The first-order valence-electron chi connectivity index (χ1n) is 4.38. The predicted molar refractivity (Wildman–Crippen MR) is 51.8 cm³/mol. The lowest BCUT2D eigenvalue weighted by atomic mass is 10.1. The molecule has 2 aromatic rings. The molecule has 0 aliphatic carbocycles. The average Bonchev–Trinajstić information content (AvgIpc) is 2.58. The molecule has 1 heterocycles. The molecule has 0 saturated heterocycles. The number of fused-ring (bicyclic) bond motifs is 1. The van der Waals surface area contributed by atoms with Gasteiger partial charge < -0.3 is 10.7 Å². The summed E-state index contributed by atoms with van der Waals surface area (Å²) in [6.45, 7) is 0. The second kappa shape index (κ2) is 3.26. The number of carbonyl (C=O) groups is 1. The molecule has 0 spiro atoms. The van der Waals surface area contributed by atoms with Crippen LogP contribution in [0.15, 0.2) is 24.3 Å². The zero-order valence-electron chi connectivity index (χ0n) is 7.93. The van der Waals surface area contributed by atoms with Crippen LogP contribution in [0.5, 0.6) is 0 Å². The number of nitrogens with one attached hydrogen (secondary N) is 1. The lowest BCUT2D eigenvalue weighted by molar-refractivity contribution is -0.137. The highest BCUT2D eigenvalue weighted by Gasteiger charge is 2.30. The standard InChI is InChI=1S/C10H7F3N2O/c11-10(12,13)6-1-2-7-5(3-6)4-8(15-7)9(14)16/h1-4,15H,(H2,14,16). The minimum atomic E-state index is -4.39. The highest BCUT2D eigenvalue weighted by Crippen LogP contribution is 2.31. The van der Waals surface area contributed by atoms with Crippen LogP contribution in [-0.2, 0) is 6.18 Å². The summed E-state index contributed by atoms with van der Waals surface area (Å²) < 4.78 is 37.1. The molecule has 3 N–H and O–H groups in total. The maximum atomic E-state index is 12.4. The minimum absolute atomic E-state index is 0.0920. The lowest BCUT2D eigenvalue weighted by Gasteiger charge is -2.05. The number of hydrogen-bond acceptors (Lipinski definition) is 1. The second-order valence-electron chi connectivity index (χ2n) is 3.35. The van der Waals surface area contributed by atoms with Gasteiger partial charge in [0.1, 0.15) is 5.69 Å². The highest BCUT2D eigenvalue weighted by atomic mass is 19.4. The Kier molecular flexibility index (Phi) is 2.15. The molecule has 0 unspecified atom stereocenters. The molecule has 1 aromatic heterocycles. The first kappa shape index (κ1) is 10.5. The molecule has 0 aliphatic heterocycles. The topological polar surface area (TPSA) is 58.9 Å². The van der Waals surface area contributed by atoms with Gasteiger partial charge in [0.25, 0.3) is 5.91 Å². The van der Waals surface area contributed by atoms with Crippen LogP contribution in [0.1, 0.15) is 16.1 Å². The van der Waals surface area contributed by atoms with E-state index in [0.717, 1.165) is 12.1 Å². The fourth-order valence-corrected chi connectivity index (χ4v) is 1.44. The normalized spacial score (nSPS) is 11.9. The second-order valence-corrected chi connectivity index (χ2v) is 3.35. The van der Waals surface area contributed by atoms with Gasteiger partial charge in [0.05, 0.1) is 5.56 Å². The number of alkyl halides is 3. The maximum Gasteiger partial charge on any atom is 0.416 e. The number of aromatic nitrogens is 1. The number of rotatable bonds is 1. The van der Waals surface area contributed by atoms with Crippen LogP contribution < -0.4 is 5.73 Å². The number of aromatic amines is 1. The van der Waals surface area contributed by atoms with Crippen molar-refractivity contribution in [3.63, 3.8) is 0 Å². The first-order chi connectivity index (χ1) is 7.38. The van der Waals surface area contributed by atoms with E-state index in [-0.39, 0.29) is 5.69 Å². The highest BCUT2D eigenvalue weighted by molar-refractivity contribution is 5.97. The Morgan fingerprint density at radius 2 is 1.94 bits per heavy atom. The van der Waals surface area contributed by atoms with E-state index in [1.807, 2.05) is 0 Å². The average molecular weight is 228 g/mol. The van der Waals surface area contributed by atoms with E-state index < -0.39 is 17.6 Å². The summed E-state index contributed by atoms with van der Waals surface area (Å²) in [5.74, 6) is -0.704. The van der Waals surface area contributed by atoms with Crippen molar-refractivity contribution >= 4 is 16.8 Å². The van der Waals surface area contributed by atoms with Crippen molar-refractivity contribution in [1.29, 1.82) is 0 Å². The summed E-state index contributed by atoms with van der Waals surface area (Å²) in [5, 5.41) is 0.309. The van der Waals surface area contributed by atoms with Crippen LogP contribution in [0, 0.1) is 0 Å². The Bertz CT molecular complexity index is 557. The van der Waals surface area contributed by atoms with E-state index >= 15 is 0 Å². The van der Waals surface area contributed by atoms with Gasteiger partial charge in [-0.05, 0) is 24.3 Å². The Morgan fingerprint density at radius 1 is 1.25 bits per heavy atom. The maximum absolute atomic E-state index is 12.4. The molecule has 0 atom stereocenters. The van der Waals surface area contributed by atoms with Gasteiger partial charge in [-0.25, -0.2) is 0 Å². The lowest BCUT2D eigenvalue weighted by Crippen LogP contribution is -2.10. The monoisotopic (exact) mass is 228 g/mol. The molecule has 1 amide bonds. The van der Waals surface area contributed by atoms with Gasteiger partial charge in [-0.15, -0.1) is 0 Å². The summed E-state index contributed by atoms with van der Waals surface area (Å²) in [6.07, 6.45) is -4.39. The van der Waals surface area contributed by atoms with Crippen LogP contribution in [-0.4, -0.2) is 10.9 Å². The number of primary amides is 1. The largest absolute Gasteiger partial charge is 0.416 e. The Labute approximate surface area is 88.1 Å². The van der Waals surface area contributed by atoms with Crippen molar-refractivity contribution in [3.8, 4) is 0 Å². The van der Waals surface area contributed by atoms with E-state index in [0.29, 0.717) is 10.9 Å². The SMILES string of the molecule is NC(=O)c1cc2cc(C(F)(F)F)ccc2[nH]1. The zero-order chi connectivity index (χ0) is 11.9. The number of carbonyl (C=O) groups excluding carboxylic acids is 1. The molecule has 0 aliphatic rings. The Hall–Kier alpha value is -1.98. The van der Waals surface area contributed by atoms with Crippen molar-refractivity contribution in [2.75, 3.05) is 0 Å². The van der Waals surface area contributed by atoms with E-state index in [1.165, 1.54) is 12.1 Å². The van der Waals surface area contributed by atoms with Crippen LogP contribution in [0.2, 0.25) is 0 Å². The molecule has 16 heavy (non-hydrogen) atoms. The van der Waals surface area contributed by atoms with Gasteiger partial charge >= 0.3 is 6.18 Å². The molecule has 2 rings (SSSR count).